The third kappa shape index (κ3) is 2.65. The zero-order valence-corrected chi connectivity index (χ0v) is 7.46. The summed E-state index contributed by atoms with van der Waals surface area (Å²) in [5.74, 6) is 0.659. The van der Waals surface area contributed by atoms with Gasteiger partial charge in [-0.25, -0.2) is 0 Å². The Balaban J connectivity index is 2.51. The zero-order valence-electron chi connectivity index (χ0n) is 7.46. The van der Waals surface area contributed by atoms with Gasteiger partial charge in [-0.2, -0.15) is 0 Å². The van der Waals surface area contributed by atoms with Gasteiger partial charge in [-0.05, 0) is 25.7 Å². The second-order valence-corrected chi connectivity index (χ2v) is 3.28. The van der Waals surface area contributed by atoms with Crippen LogP contribution in [0.4, 0.5) is 0 Å². The molecular weight excluding hydrogens is 148 g/mol. The van der Waals surface area contributed by atoms with Gasteiger partial charge in [0.05, 0.1) is 0 Å². The molecule has 0 N–H and O–H groups in total. The van der Waals surface area contributed by atoms with Crippen LogP contribution in [0, 0.1) is 5.92 Å². The van der Waals surface area contributed by atoms with Gasteiger partial charge in [0.1, 0.15) is 5.78 Å². The van der Waals surface area contributed by atoms with E-state index in [4.69, 9.17) is 0 Å². The smallest absolute Gasteiger partial charge is 0.136 e. The molecule has 0 unspecified atom stereocenters. The molecule has 0 saturated heterocycles. The Bertz CT molecular complexity index is 191. The highest BCUT2D eigenvalue weighted by molar-refractivity contribution is 5.81. The number of Topliss-reactive ketones (excluding diaryl/α,β-unsaturated/α-hetero) is 1. The molecule has 0 aromatic rings. The number of rotatable bonds is 2. The van der Waals surface area contributed by atoms with Crippen molar-refractivity contribution in [2.75, 3.05) is 0 Å². The average Bonchev–Trinajstić information content (AvgIpc) is 2.05. The van der Waals surface area contributed by atoms with Crippen molar-refractivity contribution in [3.63, 3.8) is 0 Å². The molecule has 0 heterocycles. The minimum Gasteiger partial charge on any atom is -0.299 e. The molecule has 66 valence electrons. The van der Waals surface area contributed by atoms with Crippen LogP contribution in [0.25, 0.3) is 0 Å². The summed E-state index contributed by atoms with van der Waals surface area (Å²) in [6.07, 6.45) is 10.7. The first kappa shape index (κ1) is 9.24. The summed E-state index contributed by atoms with van der Waals surface area (Å²) in [4.78, 5) is 11.5. The quantitative estimate of drug-likeness (QED) is 0.573. The lowest BCUT2D eigenvalue weighted by molar-refractivity contribution is -0.122. The first-order valence-electron chi connectivity index (χ1n) is 4.63. The van der Waals surface area contributed by atoms with E-state index in [1.807, 2.05) is 6.08 Å². The Morgan fingerprint density at radius 2 is 2.25 bits per heavy atom. The molecule has 0 aromatic heterocycles. The van der Waals surface area contributed by atoms with Crippen molar-refractivity contribution in [2.24, 2.45) is 5.92 Å². The second-order valence-electron chi connectivity index (χ2n) is 3.28. The lowest BCUT2D eigenvalue weighted by atomic mass is 9.90. The molecular formula is C11H16O. The van der Waals surface area contributed by atoms with Crippen molar-refractivity contribution in [2.45, 2.75) is 32.1 Å². The predicted molar refractivity (Wildman–Crippen MR) is 50.9 cm³/mol. The van der Waals surface area contributed by atoms with E-state index in [1.54, 1.807) is 0 Å². The molecule has 12 heavy (non-hydrogen) atoms. The summed E-state index contributed by atoms with van der Waals surface area (Å²) in [6.45, 7) is 3.67. The van der Waals surface area contributed by atoms with Crippen molar-refractivity contribution in [3.8, 4) is 0 Å². The van der Waals surface area contributed by atoms with E-state index in [1.165, 1.54) is 0 Å². The summed E-state index contributed by atoms with van der Waals surface area (Å²) in [5.41, 5.74) is 0. The van der Waals surface area contributed by atoms with Crippen LogP contribution in [0.5, 0.6) is 0 Å². The lowest BCUT2D eigenvalue weighted by Crippen LogP contribution is -2.14. The van der Waals surface area contributed by atoms with Gasteiger partial charge in [0.2, 0.25) is 0 Å². The second kappa shape index (κ2) is 4.91. The third-order valence-corrected chi connectivity index (χ3v) is 2.31. The van der Waals surface area contributed by atoms with Crippen molar-refractivity contribution in [1.82, 2.24) is 0 Å². The predicted octanol–water partition coefficient (Wildman–Crippen LogP) is 2.88. The van der Waals surface area contributed by atoms with E-state index in [0.717, 1.165) is 32.1 Å². The minimum absolute atomic E-state index is 0.243. The molecule has 0 saturated carbocycles. The average molecular weight is 164 g/mol. The molecule has 1 aliphatic rings. The Labute approximate surface area is 74.2 Å². The molecule has 1 nitrogen and oxygen atoms in total. The van der Waals surface area contributed by atoms with Crippen LogP contribution in [-0.2, 0) is 4.79 Å². The van der Waals surface area contributed by atoms with E-state index in [0.29, 0.717) is 5.78 Å². The maximum atomic E-state index is 11.5. The van der Waals surface area contributed by atoms with E-state index >= 15 is 0 Å². The van der Waals surface area contributed by atoms with Gasteiger partial charge in [0.25, 0.3) is 0 Å². The fourth-order valence-electron chi connectivity index (χ4n) is 1.57. The number of carbonyl (C=O) groups excluding carboxylic acids is 1. The van der Waals surface area contributed by atoms with Gasteiger partial charge in [0.15, 0.2) is 0 Å². The Hall–Kier alpha value is -0.850. The molecule has 0 fully saturated rings. The number of hydrogen-bond acceptors (Lipinski definition) is 1. The number of carbonyl (C=O) groups is 1. The normalized spacial score (nSPS) is 27.3. The monoisotopic (exact) mass is 164 g/mol. The Kier molecular flexibility index (Phi) is 3.78. The molecule has 0 spiro atoms. The highest BCUT2D eigenvalue weighted by Gasteiger charge is 2.16. The van der Waals surface area contributed by atoms with Crippen molar-refractivity contribution < 1.29 is 4.79 Å². The maximum absolute atomic E-state index is 11.5. The summed E-state index contributed by atoms with van der Waals surface area (Å²) in [7, 11) is 0. The van der Waals surface area contributed by atoms with Crippen LogP contribution in [-0.4, -0.2) is 5.78 Å². The summed E-state index contributed by atoms with van der Waals surface area (Å²) >= 11 is 0. The van der Waals surface area contributed by atoms with Gasteiger partial charge in [-0.15, -0.1) is 6.58 Å². The first-order valence-corrected chi connectivity index (χ1v) is 4.63. The minimum atomic E-state index is 0.243. The van der Waals surface area contributed by atoms with Crippen LogP contribution in [0.3, 0.4) is 0 Å². The molecule has 0 aromatic carbocycles. The molecule has 0 radical (unpaired) electrons. The number of ketones is 1. The van der Waals surface area contributed by atoms with Gasteiger partial charge in [0, 0.05) is 12.3 Å². The topological polar surface area (TPSA) is 17.1 Å². The molecule has 1 aliphatic carbocycles. The Morgan fingerprint density at radius 1 is 1.50 bits per heavy atom. The van der Waals surface area contributed by atoms with E-state index in [2.05, 4.69) is 18.7 Å². The van der Waals surface area contributed by atoms with Crippen molar-refractivity contribution in [1.29, 1.82) is 0 Å². The molecule has 1 atom stereocenters. The fourth-order valence-corrected chi connectivity index (χ4v) is 1.57. The lowest BCUT2D eigenvalue weighted by Gasteiger charge is -2.13. The van der Waals surface area contributed by atoms with Crippen LogP contribution in [0.2, 0.25) is 0 Å². The van der Waals surface area contributed by atoms with E-state index in [9.17, 15) is 4.79 Å². The Morgan fingerprint density at radius 3 is 3.00 bits per heavy atom. The van der Waals surface area contributed by atoms with Crippen molar-refractivity contribution in [3.05, 3.63) is 24.8 Å². The van der Waals surface area contributed by atoms with Crippen LogP contribution in [0.15, 0.2) is 24.8 Å². The molecule has 0 bridgehead atoms. The largest absolute Gasteiger partial charge is 0.299 e. The van der Waals surface area contributed by atoms with Gasteiger partial charge >= 0.3 is 0 Å². The summed E-state index contributed by atoms with van der Waals surface area (Å²) in [6, 6.07) is 0. The number of hydrogen-bond donors (Lipinski definition) is 0. The molecule has 1 heteroatoms. The van der Waals surface area contributed by atoms with Crippen LogP contribution in [0.1, 0.15) is 32.1 Å². The van der Waals surface area contributed by atoms with Crippen LogP contribution >= 0.6 is 0 Å². The van der Waals surface area contributed by atoms with E-state index < -0.39 is 0 Å². The van der Waals surface area contributed by atoms with E-state index in [-0.39, 0.29) is 5.92 Å². The standard InChI is InChI=1S/C11H16O/c1-2-7-10-8-5-3-4-6-9-11(10)12/h2-4,10H,1,5-9H2/b4-3+/t10-/m1/s1. The maximum Gasteiger partial charge on any atom is 0.136 e. The highest BCUT2D eigenvalue weighted by Crippen LogP contribution is 2.18. The first-order chi connectivity index (χ1) is 5.84. The SMILES string of the molecule is C=CC[C@@H]1CC/C=C/CCC1=O. The summed E-state index contributed by atoms with van der Waals surface area (Å²) < 4.78 is 0. The van der Waals surface area contributed by atoms with Crippen molar-refractivity contribution >= 4 is 5.78 Å². The summed E-state index contributed by atoms with van der Waals surface area (Å²) in [5, 5.41) is 0. The molecule has 1 rings (SSSR count). The van der Waals surface area contributed by atoms with Gasteiger partial charge in [-0.3, -0.25) is 4.79 Å². The highest BCUT2D eigenvalue weighted by atomic mass is 16.1. The zero-order chi connectivity index (χ0) is 8.81. The third-order valence-electron chi connectivity index (χ3n) is 2.31. The molecule has 0 amide bonds. The van der Waals surface area contributed by atoms with Crippen LogP contribution < -0.4 is 0 Å². The van der Waals surface area contributed by atoms with Gasteiger partial charge in [-0.1, -0.05) is 18.2 Å². The van der Waals surface area contributed by atoms with Gasteiger partial charge < -0.3 is 0 Å². The molecule has 0 aliphatic heterocycles. The number of allylic oxidation sites excluding steroid dienone is 3. The fraction of sp³-hybridized carbons (Fsp3) is 0.545.